The first-order chi connectivity index (χ1) is 21.2. The van der Waals surface area contributed by atoms with Crippen molar-refractivity contribution in [2.45, 2.75) is 58.2 Å². The zero-order chi connectivity index (χ0) is 31.4. The molecule has 1 saturated heterocycles. The number of ether oxygens (including phenoxy) is 3. The molecule has 2 aliphatic rings. The van der Waals surface area contributed by atoms with Crippen molar-refractivity contribution in [1.29, 1.82) is 0 Å². The Morgan fingerprint density at radius 2 is 1.73 bits per heavy atom. The van der Waals surface area contributed by atoms with Crippen LogP contribution in [0.1, 0.15) is 77.4 Å². The van der Waals surface area contributed by atoms with Crippen LogP contribution in [-0.2, 0) is 4.74 Å². The largest absolute Gasteiger partial charge is 0.493 e. The molecule has 8 heteroatoms. The fourth-order valence-electron chi connectivity index (χ4n) is 6.34. The third-order valence-corrected chi connectivity index (χ3v) is 8.50. The molecule has 0 aromatic heterocycles. The second kappa shape index (κ2) is 13.6. The van der Waals surface area contributed by atoms with E-state index in [0.717, 1.165) is 42.1 Å². The van der Waals surface area contributed by atoms with Crippen LogP contribution in [0.2, 0.25) is 0 Å². The van der Waals surface area contributed by atoms with Crippen LogP contribution in [0.25, 0.3) is 0 Å². The molecular formula is C36H43N3O5. The number of benzene rings is 3. The van der Waals surface area contributed by atoms with Crippen LogP contribution in [0.5, 0.6) is 11.5 Å². The number of fused-ring (bicyclic) bond motifs is 3. The Labute approximate surface area is 260 Å². The monoisotopic (exact) mass is 597 g/mol. The Hall–Kier alpha value is -4.17. The number of likely N-dealkylation sites (tertiary alicyclic amines) is 1. The second-order valence-corrected chi connectivity index (χ2v) is 11.9. The lowest BCUT2D eigenvalue weighted by molar-refractivity contribution is 0.0293. The third kappa shape index (κ3) is 6.50. The van der Waals surface area contributed by atoms with E-state index >= 15 is 0 Å². The number of methoxy groups -OCH3 is 1. The highest BCUT2D eigenvalue weighted by molar-refractivity contribution is 6.15. The molecule has 3 atom stereocenters. The molecule has 0 aliphatic carbocycles. The fraction of sp³-hybridized carbons (Fsp3) is 0.417. The molecule has 0 bridgehead atoms. The van der Waals surface area contributed by atoms with E-state index < -0.39 is 5.97 Å². The van der Waals surface area contributed by atoms with Gasteiger partial charge in [-0.05, 0) is 89.7 Å². The van der Waals surface area contributed by atoms with E-state index in [1.54, 1.807) is 36.3 Å². The number of likely N-dealkylation sites (N-methyl/N-ethyl adjacent to an activating group) is 1. The zero-order valence-electron chi connectivity index (χ0n) is 26.6. The molecule has 232 valence electrons. The molecule has 2 aliphatic heterocycles. The van der Waals surface area contributed by atoms with E-state index in [0.29, 0.717) is 23.5 Å². The van der Waals surface area contributed by atoms with Gasteiger partial charge in [0.2, 0.25) is 0 Å². The normalized spacial score (nSPS) is 18.5. The van der Waals surface area contributed by atoms with Crippen molar-refractivity contribution < 1.29 is 23.8 Å². The minimum absolute atomic E-state index is 0.0874. The van der Waals surface area contributed by atoms with Crippen molar-refractivity contribution in [3.05, 3.63) is 94.5 Å². The van der Waals surface area contributed by atoms with Crippen molar-refractivity contribution in [3.8, 4) is 11.5 Å². The first kappa shape index (κ1) is 31.3. The van der Waals surface area contributed by atoms with Gasteiger partial charge >= 0.3 is 5.97 Å². The van der Waals surface area contributed by atoms with E-state index in [9.17, 15) is 9.59 Å². The van der Waals surface area contributed by atoms with Gasteiger partial charge in [0.15, 0.2) is 11.5 Å². The summed E-state index contributed by atoms with van der Waals surface area (Å²) in [6.45, 7) is 10.4. The van der Waals surface area contributed by atoms with Crippen molar-refractivity contribution in [1.82, 2.24) is 9.80 Å². The third-order valence-electron chi connectivity index (χ3n) is 8.50. The SMILES string of the molecule is CCOc1cc2c(cc1OC)C(c1ccc(C(=O)N(C(C)C)[C@H](C)COC(=O)c3ccccc3)cc1)=N[C@@H]1CCN(C)C[C@H]21. The summed E-state index contributed by atoms with van der Waals surface area (Å²) in [6, 6.07) is 20.5. The summed E-state index contributed by atoms with van der Waals surface area (Å²) in [4.78, 5) is 35.7. The zero-order valence-corrected chi connectivity index (χ0v) is 26.6. The molecule has 5 rings (SSSR count). The van der Waals surface area contributed by atoms with Gasteiger partial charge < -0.3 is 24.0 Å². The van der Waals surface area contributed by atoms with Gasteiger partial charge in [-0.15, -0.1) is 0 Å². The van der Waals surface area contributed by atoms with E-state index in [1.165, 1.54) is 5.56 Å². The molecule has 0 spiro atoms. The topological polar surface area (TPSA) is 80.7 Å². The summed E-state index contributed by atoms with van der Waals surface area (Å²) >= 11 is 0. The fourth-order valence-corrected chi connectivity index (χ4v) is 6.34. The highest BCUT2D eigenvalue weighted by atomic mass is 16.5. The van der Waals surface area contributed by atoms with Crippen molar-refractivity contribution in [2.75, 3.05) is 40.5 Å². The summed E-state index contributed by atoms with van der Waals surface area (Å²) in [6.07, 6.45) is 0.979. The minimum Gasteiger partial charge on any atom is -0.493 e. The lowest BCUT2D eigenvalue weighted by Crippen LogP contribution is -2.46. The Morgan fingerprint density at radius 1 is 1.00 bits per heavy atom. The lowest BCUT2D eigenvalue weighted by atomic mass is 9.79. The van der Waals surface area contributed by atoms with Gasteiger partial charge in [0.05, 0.1) is 37.1 Å². The second-order valence-electron chi connectivity index (χ2n) is 11.9. The predicted octanol–water partition coefficient (Wildman–Crippen LogP) is 5.83. The van der Waals surface area contributed by atoms with Crippen molar-refractivity contribution >= 4 is 17.6 Å². The summed E-state index contributed by atoms with van der Waals surface area (Å²) in [5.41, 5.74) is 5.18. The standard InChI is InChI=1S/C36H43N3O5/c1-7-43-33-19-28-29(20-32(33)42-6)34(37-31-17-18-38(5)21-30(28)31)25-13-15-26(16-14-25)35(40)39(23(2)3)24(4)22-44-36(41)27-11-9-8-10-12-27/h8-16,19-20,23-24,30-31H,7,17-18,21-22H2,1-6H3/t24-,30-,31-/m1/s1. The molecule has 0 radical (unpaired) electrons. The number of aliphatic imine (C=N–C) groups is 1. The van der Waals surface area contributed by atoms with Gasteiger partial charge in [0, 0.05) is 35.2 Å². The minimum atomic E-state index is -0.400. The van der Waals surface area contributed by atoms with Gasteiger partial charge in [-0.25, -0.2) is 4.79 Å². The molecule has 8 nitrogen and oxygen atoms in total. The Morgan fingerprint density at radius 3 is 2.39 bits per heavy atom. The molecule has 3 aromatic carbocycles. The van der Waals surface area contributed by atoms with Gasteiger partial charge in [-0.2, -0.15) is 0 Å². The quantitative estimate of drug-likeness (QED) is 0.274. The number of rotatable bonds is 10. The highest BCUT2D eigenvalue weighted by Gasteiger charge is 2.36. The maximum atomic E-state index is 13.7. The van der Waals surface area contributed by atoms with Crippen LogP contribution < -0.4 is 9.47 Å². The maximum Gasteiger partial charge on any atom is 0.338 e. The molecular weight excluding hydrogens is 554 g/mol. The predicted molar refractivity (Wildman–Crippen MR) is 172 cm³/mol. The average molecular weight is 598 g/mol. The first-order valence-corrected chi connectivity index (χ1v) is 15.5. The van der Waals surface area contributed by atoms with Gasteiger partial charge in [-0.1, -0.05) is 30.3 Å². The number of nitrogens with zero attached hydrogens (tertiary/aromatic N) is 3. The van der Waals surface area contributed by atoms with Crippen molar-refractivity contribution in [2.24, 2.45) is 4.99 Å². The Balaban J connectivity index is 1.39. The summed E-state index contributed by atoms with van der Waals surface area (Å²) in [5, 5.41) is 0. The van der Waals surface area contributed by atoms with Crippen molar-refractivity contribution in [3.63, 3.8) is 0 Å². The first-order valence-electron chi connectivity index (χ1n) is 15.5. The van der Waals surface area contributed by atoms with E-state index in [-0.39, 0.29) is 36.6 Å². The molecule has 0 saturated carbocycles. The van der Waals surface area contributed by atoms with Crippen LogP contribution in [0.4, 0.5) is 0 Å². The summed E-state index contributed by atoms with van der Waals surface area (Å²) in [5.74, 6) is 1.20. The number of amides is 1. The number of esters is 1. The molecule has 0 unspecified atom stereocenters. The molecule has 2 heterocycles. The Kier molecular flexibility index (Phi) is 9.69. The summed E-state index contributed by atoms with van der Waals surface area (Å²) < 4.78 is 17.2. The number of carbonyl (C=O) groups excluding carboxylic acids is 2. The molecule has 1 fully saturated rings. The summed E-state index contributed by atoms with van der Waals surface area (Å²) in [7, 11) is 3.82. The number of hydrogen-bond acceptors (Lipinski definition) is 7. The average Bonchev–Trinajstić information content (AvgIpc) is 3.03. The molecule has 44 heavy (non-hydrogen) atoms. The van der Waals surface area contributed by atoms with Crippen LogP contribution in [-0.4, -0.2) is 86.0 Å². The van der Waals surface area contributed by atoms with Crippen LogP contribution in [0.15, 0.2) is 71.7 Å². The van der Waals surface area contributed by atoms with Crippen LogP contribution in [0, 0.1) is 0 Å². The number of carbonyl (C=O) groups is 2. The van der Waals surface area contributed by atoms with E-state index in [2.05, 4.69) is 18.0 Å². The highest BCUT2D eigenvalue weighted by Crippen LogP contribution is 2.42. The molecule has 1 amide bonds. The smallest absolute Gasteiger partial charge is 0.338 e. The van der Waals surface area contributed by atoms with E-state index in [4.69, 9.17) is 19.2 Å². The maximum absolute atomic E-state index is 13.7. The number of piperidine rings is 1. The van der Waals surface area contributed by atoms with Crippen LogP contribution in [0.3, 0.4) is 0 Å². The van der Waals surface area contributed by atoms with Gasteiger partial charge in [-0.3, -0.25) is 9.79 Å². The van der Waals surface area contributed by atoms with Gasteiger partial charge in [0.1, 0.15) is 6.61 Å². The van der Waals surface area contributed by atoms with Gasteiger partial charge in [0.25, 0.3) is 5.91 Å². The van der Waals surface area contributed by atoms with E-state index in [1.807, 2.05) is 64.1 Å². The Bertz CT molecular complexity index is 1500. The number of hydrogen-bond donors (Lipinski definition) is 0. The molecule has 3 aromatic rings. The van der Waals surface area contributed by atoms with Crippen LogP contribution >= 0.6 is 0 Å². The lowest BCUT2D eigenvalue weighted by Gasteiger charge is -2.39. The molecule has 0 N–H and O–H groups in total.